The van der Waals surface area contributed by atoms with E-state index in [9.17, 15) is 0 Å². The zero-order valence-corrected chi connectivity index (χ0v) is 10.4. The highest BCUT2D eigenvalue weighted by Crippen LogP contribution is 2.27. The summed E-state index contributed by atoms with van der Waals surface area (Å²) < 4.78 is 11.3. The molecule has 5 heteroatoms. The van der Waals surface area contributed by atoms with Crippen LogP contribution in [0, 0.1) is 0 Å². The summed E-state index contributed by atoms with van der Waals surface area (Å²) in [5.41, 5.74) is 0. The summed E-state index contributed by atoms with van der Waals surface area (Å²) in [6.45, 7) is 1.21. The minimum absolute atomic E-state index is 0.0268. The summed E-state index contributed by atoms with van der Waals surface area (Å²) >= 11 is 9.24. The monoisotopic (exact) mass is 294 g/mol. The Bertz CT molecular complexity index is 307. The fourth-order valence-electron chi connectivity index (χ4n) is 0.969. The van der Waals surface area contributed by atoms with Crippen LogP contribution in [-0.4, -0.2) is 31.5 Å². The van der Waals surface area contributed by atoms with E-state index < -0.39 is 0 Å². The number of benzene rings is 1. The Kier molecular flexibility index (Phi) is 6.02. The standard InChI is InChI=1S/C10H12BrClO3/c11-8-1-2-10(9(12)7-8)15-6-5-14-4-3-13/h1-2,7,13H,3-6H2. The summed E-state index contributed by atoms with van der Waals surface area (Å²) in [6.07, 6.45) is 0. The molecule has 0 saturated heterocycles. The molecule has 1 N–H and O–H groups in total. The van der Waals surface area contributed by atoms with Crippen LogP contribution in [0.15, 0.2) is 22.7 Å². The van der Waals surface area contributed by atoms with Crippen molar-refractivity contribution in [1.82, 2.24) is 0 Å². The number of aliphatic hydroxyl groups excluding tert-OH is 1. The molecule has 0 unspecified atom stereocenters. The van der Waals surface area contributed by atoms with Gasteiger partial charge in [-0.05, 0) is 18.2 Å². The molecular formula is C10H12BrClO3. The molecule has 0 saturated carbocycles. The zero-order valence-electron chi connectivity index (χ0n) is 8.08. The molecule has 0 amide bonds. The second-order valence-electron chi connectivity index (χ2n) is 2.76. The molecule has 84 valence electrons. The number of ether oxygens (including phenoxy) is 2. The van der Waals surface area contributed by atoms with Gasteiger partial charge in [-0.3, -0.25) is 0 Å². The molecule has 15 heavy (non-hydrogen) atoms. The number of aliphatic hydroxyl groups is 1. The molecule has 1 aromatic carbocycles. The van der Waals surface area contributed by atoms with E-state index in [0.717, 1.165) is 4.47 Å². The first-order chi connectivity index (χ1) is 7.24. The lowest BCUT2D eigenvalue weighted by Crippen LogP contribution is -2.09. The first kappa shape index (κ1) is 12.8. The highest BCUT2D eigenvalue weighted by molar-refractivity contribution is 9.10. The van der Waals surface area contributed by atoms with Crippen molar-refractivity contribution in [2.24, 2.45) is 0 Å². The van der Waals surface area contributed by atoms with E-state index in [-0.39, 0.29) is 6.61 Å². The quantitative estimate of drug-likeness (QED) is 0.820. The van der Waals surface area contributed by atoms with E-state index in [1.165, 1.54) is 0 Å². The van der Waals surface area contributed by atoms with E-state index >= 15 is 0 Å². The van der Waals surface area contributed by atoms with Gasteiger partial charge in [-0.15, -0.1) is 0 Å². The van der Waals surface area contributed by atoms with Gasteiger partial charge in [-0.1, -0.05) is 27.5 Å². The molecule has 0 aliphatic rings. The van der Waals surface area contributed by atoms with Crippen molar-refractivity contribution < 1.29 is 14.6 Å². The smallest absolute Gasteiger partial charge is 0.138 e. The van der Waals surface area contributed by atoms with E-state index in [4.69, 9.17) is 26.2 Å². The third-order valence-corrected chi connectivity index (χ3v) is 2.40. The van der Waals surface area contributed by atoms with Gasteiger partial charge < -0.3 is 14.6 Å². The lowest BCUT2D eigenvalue weighted by atomic mass is 10.3. The van der Waals surface area contributed by atoms with Crippen LogP contribution >= 0.6 is 27.5 Å². The largest absolute Gasteiger partial charge is 0.490 e. The molecule has 0 aromatic heterocycles. The highest BCUT2D eigenvalue weighted by Gasteiger charge is 2.01. The van der Waals surface area contributed by atoms with Gasteiger partial charge in [0.1, 0.15) is 12.4 Å². The molecule has 0 aliphatic carbocycles. The summed E-state index contributed by atoms with van der Waals surface area (Å²) in [4.78, 5) is 0. The van der Waals surface area contributed by atoms with Crippen molar-refractivity contribution in [3.05, 3.63) is 27.7 Å². The first-order valence-electron chi connectivity index (χ1n) is 4.50. The number of hydrogen-bond donors (Lipinski definition) is 1. The number of hydrogen-bond acceptors (Lipinski definition) is 3. The first-order valence-corrected chi connectivity index (χ1v) is 5.67. The van der Waals surface area contributed by atoms with Crippen LogP contribution in [0.25, 0.3) is 0 Å². The second-order valence-corrected chi connectivity index (χ2v) is 4.08. The maximum absolute atomic E-state index is 8.47. The van der Waals surface area contributed by atoms with Gasteiger partial charge in [-0.25, -0.2) is 0 Å². The van der Waals surface area contributed by atoms with Crippen LogP contribution in [0.4, 0.5) is 0 Å². The lowest BCUT2D eigenvalue weighted by Gasteiger charge is -2.08. The van der Waals surface area contributed by atoms with Crippen molar-refractivity contribution in [3.8, 4) is 5.75 Å². The minimum Gasteiger partial charge on any atom is -0.490 e. The molecule has 0 aliphatic heterocycles. The molecule has 0 radical (unpaired) electrons. The van der Waals surface area contributed by atoms with Crippen molar-refractivity contribution in [3.63, 3.8) is 0 Å². The van der Waals surface area contributed by atoms with Gasteiger partial charge in [-0.2, -0.15) is 0 Å². The molecular weight excluding hydrogens is 283 g/mol. The predicted octanol–water partition coefficient (Wildman–Crippen LogP) is 2.49. The summed E-state index contributed by atoms with van der Waals surface area (Å²) in [5, 5.41) is 9.03. The van der Waals surface area contributed by atoms with E-state index in [0.29, 0.717) is 30.6 Å². The lowest BCUT2D eigenvalue weighted by molar-refractivity contribution is 0.0705. The summed E-state index contributed by atoms with van der Waals surface area (Å²) in [6, 6.07) is 5.42. The molecule has 0 spiro atoms. The Morgan fingerprint density at radius 3 is 2.73 bits per heavy atom. The Hall–Kier alpha value is -0.290. The van der Waals surface area contributed by atoms with Gasteiger partial charge in [0.05, 0.1) is 24.8 Å². The van der Waals surface area contributed by atoms with Crippen molar-refractivity contribution in [2.75, 3.05) is 26.4 Å². The SMILES string of the molecule is OCCOCCOc1ccc(Br)cc1Cl. The molecule has 3 nitrogen and oxygen atoms in total. The topological polar surface area (TPSA) is 38.7 Å². The highest BCUT2D eigenvalue weighted by atomic mass is 79.9. The fraction of sp³-hybridized carbons (Fsp3) is 0.400. The molecule has 0 atom stereocenters. The van der Waals surface area contributed by atoms with Crippen LogP contribution in [-0.2, 0) is 4.74 Å². The maximum Gasteiger partial charge on any atom is 0.138 e. The van der Waals surface area contributed by atoms with Crippen LogP contribution in [0.1, 0.15) is 0 Å². The third kappa shape index (κ3) is 4.84. The second kappa shape index (κ2) is 7.06. The average molecular weight is 296 g/mol. The number of rotatable bonds is 6. The van der Waals surface area contributed by atoms with Crippen LogP contribution in [0.3, 0.4) is 0 Å². The summed E-state index contributed by atoms with van der Waals surface area (Å²) in [7, 11) is 0. The van der Waals surface area contributed by atoms with E-state index in [1.807, 2.05) is 6.07 Å². The molecule has 0 heterocycles. The zero-order chi connectivity index (χ0) is 11.1. The van der Waals surface area contributed by atoms with E-state index in [2.05, 4.69) is 15.9 Å². The fourth-order valence-corrected chi connectivity index (χ4v) is 1.70. The van der Waals surface area contributed by atoms with Crippen LogP contribution < -0.4 is 4.74 Å². The Morgan fingerprint density at radius 1 is 1.27 bits per heavy atom. The van der Waals surface area contributed by atoms with Crippen LogP contribution in [0.2, 0.25) is 5.02 Å². The van der Waals surface area contributed by atoms with Crippen LogP contribution in [0.5, 0.6) is 5.75 Å². The third-order valence-electron chi connectivity index (χ3n) is 1.61. The van der Waals surface area contributed by atoms with Crippen molar-refractivity contribution in [1.29, 1.82) is 0 Å². The maximum atomic E-state index is 8.47. The predicted molar refractivity (Wildman–Crippen MR) is 62.6 cm³/mol. The van der Waals surface area contributed by atoms with Gasteiger partial charge in [0, 0.05) is 4.47 Å². The Morgan fingerprint density at radius 2 is 2.07 bits per heavy atom. The van der Waals surface area contributed by atoms with Crippen molar-refractivity contribution in [2.45, 2.75) is 0 Å². The molecule has 0 bridgehead atoms. The van der Waals surface area contributed by atoms with Gasteiger partial charge >= 0.3 is 0 Å². The molecule has 0 fully saturated rings. The van der Waals surface area contributed by atoms with Gasteiger partial charge in [0.15, 0.2) is 0 Å². The minimum atomic E-state index is 0.0268. The number of halogens is 2. The van der Waals surface area contributed by atoms with E-state index in [1.54, 1.807) is 12.1 Å². The Balaban J connectivity index is 2.31. The molecule has 1 rings (SSSR count). The summed E-state index contributed by atoms with van der Waals surface area (Å²) in [5.74, 6) is 0.632. The average Bonchev–Trinajstić information content (AvgIpc) is 2.20. The molecule has 1 aromatic rings. The Labute approximate surface area is 102 Å². The normalized spacial score (nSPS) is 10.3. The van der Waals surface area contributed by atoms with Gasteiger partial charge in [0.25, 0.3) is 0 Å². The van der Waals surface area contributed by atoms with Crippen molar-refractivity contribution >= 4 is 27.5 Å². The van der Waals surface area contributed by atoms with Gasteiger partial charge in [0.2, 0.25) is 0 Å².